The molecule has 0 unspecified atom stereocenters. The molecule has 0 saturated heterocycles. The first-order valence-corrected chi connectivity index (χ1v) is 5.75. The van der Waals surface area contributed by atoms with Crippen LogP contribution in [0.15, 0.2) is 36.4 Å². The Labute approximate surface area is 105 Å². The standard InChI is InChI=1S/C13H15N3O2/c14-11(13(17)18)7-6-10-8-12(16-15-10)9-4-2-1-3-5-9/h1-5,8,11H,6-7,14H2,(H,15,16)(H,17,18)/t11-/m1/s1. The second-order valence-electron chi connectivity index (χ2n) is 4.13. The number of aromatic nitrogens is 2. The average Bonchev–Trinajstić information content (AvgIpc) is 2.85. The molecule has 94 valence electrons. The van der Waals surface area contributed by atoms with E-state index in [0.29, 0.717) is 12.8 Å². The largest absolute Gasteiger partial charge is 0.480 e. The van der Waals surface area contributed by atoms with E-state index in [1.165, 1.54) is 0 Å². The number of nitrogens with two attached hydrogens (primary N) is 1. The molecule has 5 heteroatoms. The third kappa shape index (κ3) is 2.95. The van der Waals surface area contributed by atoms with Crippen molar-refractivity contribution in [2.75, 3.05) is 0 Å². The van der Waals surface area contributed by atoms with E-state index in [9.17, 15) is 4.79 Å². The van der Waals surface area contributed by atoms with Gasteiger partial charge >= 0.3 is 5.97 Å². The third-order valence-corrected chi connectivity index (χ3v) is 2.74. The zero-order valence-corrected chi connectivity index (χ0v) is 9.84. The molecule has 0 spiro atoms. The van der Waals surface area contributed by atoms with Gasteiger partial charge in [0, 0.05) is 11.3 Å². The van der Waals surface area contributed by atoms with Crippen molar-refractivity contribution in [3.05, 3.63) is 42.1 Å². The van der Waals surface area contributed by atoms with Gasteiger partial charge in [0.25, 0.3) is 0 Å². The number of hydrogen-bond donors (Lipinski definition) is 3. The Kier molecular flexibility index (Phi) is 3.74. The van der Waals surface area contributed by atoms with Gasteiger partial charge in [-0.1, -0.05) is 30.3 Å². The van der Waals surface area contributed by atoms with E-state index in [2.05, 4.69) is 10.2 Å². The number of carboxylic acid groups (broad SMARTS) is 1. The predicted octanol–water partition coefficient (Wildman–Crippen LogP) is 1.42. The van der Waals surface area contributed by atoms with Crippen molar-refractivity contribution in [2.45, 2.75) is 18.9 Å². The number of H-pyrrole nitrogens is 1. The fourth-order valence-electron chi connectivity index (χ4n) is 1.68. The van der Waals surface area contributed by atoms with Gasteiger partial charge in [-0.3, -0.25) is 9.89 Å². The molecular formula is C13H15N3O2. The molecule has 0 fully saturated rings. The number of nitrogens with zero attached hydrogens (tertiary/aromatic N) is 1. The summed E-state index contributed by atoms with van der Waals surface area (Å²) >= 11 is 0. The van der Waals surface area contributed by atoms with Crippen LogP contribution in [0.5, 0.6) is 0 Å². The van der Waals surface area contributed by atoms with Crippen LogP contribution in [-0.2, 0) is 11.2 Å². The average molecular weight is 245 g/mol. The lowest BCUT2D eigenvalue weighted by Crippen LogP contribution is -2.30. The molecule has 1 atom stereocenters. The van der Waals surface area contributed by atoms with Crippen molar-refractivity contribution >= 4 is 5.97 Å². The molecule has 4 N–H and O–H groups in total. The van der Waals surface area contributed by atoms with Crippen LogP contribution in [0.25, 0.3) is 11.3 Å². The number of nitrogens with one attached hydrogen (secondary N) is 1. The van der Waals surface area contributed by atoms with Gasteiger partial charge in [0.05, 0.1) is 5.69 Å². The van der Waals surface area contributed by atoms with Crippen molar-refractivity contribution < 1.29 is 9.90 Å². The molecule has 0 aliphatic carbocycles. The molecule has 18 heavy (non-hydrogen) atoms. The number of carboxylic acids is 1. The molecule has 0 radical (unpaired) electrons. The van der Waals surface area contributed by atoms with Gasteiger partial charge in [0.1, 0.15) is 6.04 Å². The maximum atomic E-state index is 10.6. The van der Waals surface area contributed by atoms with Gasteiger partial charge in [-0.25, -0.2) is 0 Å². The van der Waals surface area contributed by atoms with Crippen LogP contribution in [0, 0.1) is 0 Å². The minimum Gasteiger partial charge on any atom is -0.480 e. The summed E-state index contributed by atoms with van der Waals surface area (Å²) < 4.78 is 0. The summed E-state index contributed by atoms with van der Waals surface area (Å²) in [4.78, 5) is 10.6. The molecule has 1 aromatic heterocycles. The first-order valence-electron chi connectivity index (χ1n) is 5.75. The number of rotatable bonds is 5. The second kappa shape index (κ2) is 5.46. The maximum Gasteiger partial charge on any atom is 0.320 e. The Morgan fingerprint density at radius 2 is 2.11 bits per heavy atom. The number of aromatic amines is 1. The van der Waals surface area contributed by atoms with E-state index in [0.717, 1.165) is 17.0 Å². The van der Waals surface area contributed by atoms with Crippen LogP contribution in [-0.4, -0.2) is 27.3 Å². The minimum atomic E-state index is -0.974. The van der Waals surface area contributed by atoms with E-state index in [4.69, 9.17) is 10.8 Å². The van der Waals surface area contributed by atoms with Gasteiger partial charge in [-0.05, 0) is 18.9 Å². The van der Waals surface area contributed by atoms with Gasteiger partial charge < -0.3 is 10.8 Å². The second-order valence-corrected chi connectivity index (χ2v) is 4.13. The normalized spacial score (nSPS) is 12.3. The molecule has 5 nitrogen and oxygen atoms in total. The summed E-state index contributed by atoms with van der Waals surface area (Å²) in [6.07, 6.45) is 0.971. The number of carbonyl (C=O) groups is 1. The third-order valence-electron chi connectivity index (χ3n) is 2.74. The first-order chi connectivity index (χ1) is 8.66. The van der Waals surface area contributed by atoms with E-state index >= 15 is 0 Å². The Morgan fingerprint density at radius 3 is 2.78 bits per heavy atom. The van der Waals surface area contributed by atoms with Crippen LogP contribution in [0.4, 0.5) is 0 Å². The van der Waals surface area contributed by atoms with E-state index < -0.39 is 12.0 Å². The maximum absolute atomic E-state index is 10.6. The molecule has 2 aromatic rings. The van der Waals surface area contributed by atoms with Crippen LogP contribution >= 0.6 is 0 Å². The zero-order chi connectivity index (χ0) is 13.0. The molecule has 0 bridgehead atoms. The predicted molar refractivity (Wildman–Crippen MR) is 68.0 cm³/mol. The SMILES string of the molecule is N[C@H](CCc1cc(-c2ccccc2)n[nH]1)C(=O)O. The lowest BCUT2D eigenvalue weighted by Gasteiger charge is -2.03. The number of aliphatic carboxylic acids is 1. The number of benzene rings is 1. The highest BCUT2D eigenvalue weighted by Crippen LogP contribution is 2.17. The fraction of sp³-hybridized carbons (Fsp3) is 0.231. The van der Waals surface area contributed by atoms with Gasteiger partial charge in [0.15, 0.2) is 0 Å². The van der Waals surface area contributed by atoms with E-state index in [-0.39, 0.29) is 0 Å². The highest BCUT2D eigenvalue weighted by molar-refractivity contribution is 5.73. The van der Waals surface area contributed by atoms with Crippen molar-refractivity contribution in [3.8, 4) is 11.3 Å². The lowest BCUT2D eigenvalue weighted by molar-refractivity contribution is -0.138. The number of hydrogen-bond acceptors (Lipinski definition) is 3. The molecule has 0 amide bonds. The summed E-state index contributed by atoms with van der Waals surface area (Å²) in [5, 5.41) is 15.8. The van der Waals surface area contributed by atoms with Gasteiger partial charge in [0.2, 0.25) is 0 Å². The Balaban J connectivity index is 2.01. The molecule has 0 saturated carbocycles. The highest BCUT2D eigenvalue weighted by Gasteiger charge is 2.12. The minimum absolute atomic E-state index is 0.395. The van der Waals surface area contributed by atoms with Crippen molar-refractivity contribution in [2.24, 2.45) is 5.73 Å². The Bertz CT molecular complexity index is 522. The lowest BCUT2D eigenvalue weighted by atomic mass is 10.1. The summed E-state index contributed by atoms with van der Waals surface area (Å²) in [5.74, 6) is -0.974. The smallest absolute Gasteiger partial charge is 0.320 e. The summed E-state index contributed by atoms with van der Waals surface area (Å²) in [7, 11) is 0. The monoisotopic (exact) mass is 245 g/mol. The van der Waals surface area contributed by atoms with Crippen LogP contribution in [0.2, 0.25) is 0 Å². The fourth-order valence-corrected chi connectivity index (χ4v) is 1.68. The van der Waals surface area contributed by atoms with Crippen LogP contribution < -0.4 is 5.73 Å². The Hall–Kier alpha value is -2.14. The van der Waals surface area contributed by atoms with Crippen LogP contribution in [0.3, 0.4) is 0 Å². The van der Waals surface area contributed by atoms with Crippen molar-refractivity contribution in [1.82, 2.24) is 10.2 Å². The quantitative estimate of drug-likeness (QED) is 0.742. The number of aryl methyl sites for hydroxylation is 1. The topological polar surface area (TPSA) is 92.0 Å². The van der Waals surface area contributed by atoms with E-state index in [1.807, 2.05) is 36.4 Å². The Morgan fingerprint density at radius 1 is 1.39 bits per heavy atom. The molecule has 0 aliphatic rings. The van der Waals surface area contributed by atoms with Gasteiger partial charge in [-0.2, -0.15) is 5.10 Å². The highest BCUT2D eigenvalue weighted by atomic mass is 16.4. The van der Waals surface area contributed by atoms with E-state index in [1.54, 1.807) is 0 Å². The van der Waals surface area contributed by atoms with Crippen LogP contribution in [0.1, 0.15) is 12.1 Å². The van der Waals surface area contributed by atoms with Crippen molar-refractivity contribution in [3.63, 3.8) is 0 Å². The summed E-state index contributed by atoms with van der Waals surface area (Å²) in [6, 6.07) is 10.9. The molecule has 1 aromatic carbocycles. The molecular weight excluding hydrogens is 230 g/mol. The summed E-state index contributed by atoms with van der Waals surface area (Å²) in [6.45, 7) is 0. The molecule has 0 aliphatic heterocycles. The van der Waals surface area contributed by atoms with Gasteiger partial charge in [-0.15, -0.1) is 0 Å². The zero-order valence-electron chi connectivity index (χ0n) is 9.84. The molecule has 2 rings (SSSR count). The van der Waals surface area contributed by atoms with Crippen molar-refractivity contribution in [1.29, 1.82) is 0 Å². The molecule has 1 heterocycles. The first kappa shape index (κ1) is 12.3. The summed E-state index contributed by atoms with van der Waals surface area (Å²) in [5.41, 5.74) is 8.23.